The normalized spacial score (nSPS) is 14.3. The summed E-state index contributed by atoms with van der Waals surface area (Å²) in [5, 5.41) is 13.0. The lowest BCUT2D eigenvalue weighted by atomic mass is 9.88. The highest BCUT2D eigenvalue weighted by molar-refractivity contribution is 5.51. The third-order valence-electron chi connectivity index (χ3n) is 4.25. The van der Waals surface area contributed by atoms with Gasteiger partial charge in [0, 0.05) is 24.2 Å². The molecule has 0 aromatic heterocycles. The van der Waals surface area contributed by atoms with Crippen molar-refractivity contribution in [3.8, 4) is 0 Å². The molecule has 0 heterocycles. The van der Waals surface area contributed by atoms with Gasteiger partial charge in [-0.25, -0.2) is 0 Å². The lowest BCUT2D eigenvalue weighted by molar-refractivity contribution is 0.149. The zero-order valence-electron chi connectivity index (χ0n) is 13.4. The first kappa shape index (κ1) is 17.0. The second kappa shape index (κ2) is 8.28. The Morgan fingerprint density at radius 1 is 1.15 bits per heavy atom. The predicted octanol–water partition coefficient (Wildman–Crippen LogP) is 3.35. The zero-order chi connectivity index (χ0) is 15.0. The van der Waals surface area contributed by atoms with E-state index in [1.54, 1.807) is 0 Å². The highest BCUT2D eigenvalue weighted by atomic mass is 16.3. The predicted molar refractivity (Wildman–Crippen MR) is 87.0 cm³/mol. The quantitative estimate of drug-likeness (QED) is 0.727. The van der Waals surface area contributed by atoms with E-state index in [9.17, 15) is 5.11 Å². The van der Waals surface area contributed by atoms with Gasteiger partial charge < -0.3 is 10.4 Å². The van der Waals surface area contributed by atoms with Crippen LogP contribution >= 0.6 is 0 Å². The number of nitrogens with zero attached hydrogens (tertiary/aromatic N) is 1. The number of rotatable bonds is 9. The smallest absolute Gasteiger partial charge is 0.0501 e. The van der Waals surface area contributed by atoms with E-state index in [0.717, 1.165) is 32.6 Å². The summed E-state index contributed by atoms with van der Waals surface area (Å²) in [5.74, 6) is 0. The summed E-state index contributed by atoms with van der Waals surface area (Å²) >= 11 is 0. The average molecular weight is 278 g/mol. The van der Waals surface area contributed by atoms with Crippen molar-refractivity contribution < 1.29 is 5.11 Å². The Kier molecular flexibility index (Phi) is 7.03. The van der Waals surface area contributed by atoms with E-state index in [1.807, 2.05) is 0 Å². The van der Waals surface area contributed by atoms with Gasteiger partial charge in [0.1, 0.15) is 0 Å². The fourth-order valence-corrected chi connectivity index (χ4v) is 2.12. The molecule has 0 fully saturated rings. The molecule has 1 aromatic rings. The van der Waals surface area contributed by atoms with Gasteiger partial charge in [0.2, 0.25) is 0 Å². The maximum atomic E-state index is 9.51. The largest absolute Gasteiger partial charge is 0.396 e. The van der Waals surface area contributed by atoms with E-state index in [2.05, 4.69) is 62.2 Å². The topological polar surface area (TPSA) is 35.5 Å². The first-order chi connectivity index (χ1) is 9.58. The van der Waals surface area contributed by atoms with Crippen molar-refractivity contribution in [2.75, 3.05) is 31.6 Å². The Bertz CT molecular complexity index is 384. The number of nitrogens with one attached hydrogen (secondary N) is 1. The van der Waals surface area contributed by atoms with Crippen LogP contribution in [0.2, 0.25) is 0 Å². The van der Waals surface area contributed by atoms with Crippen molar-refractivity contribution in [3.63, 3.8) is 0 Å². The summed E-state index contributed by atoms with van der Waals surface area (Å²) < 4.78 is 0. The van der Waals surface area contributed by atoms with Crippen LogP contribution in [0.25, 0.3) is 0 Å². The molecule has 0 aliphatic rings. The first-order valence-corrected chi connectivity index (χ1v) is 7.73. The number of anilines is 1. The molecule has 2 N–H and O–H groups in total. The van der Waals surface area contributed by atoms with Gasteiger partial charge in [-0.05, 0) is 31.1 Å². The third kappa shape index (κ3) is 4.80. The van der Waals surface area contributed by atoms with Crippen molar-refractivity contribution in [1.82, 2.24) is 4.90 Å². The van der Waals surface area contributed by atoms with Crippen molar-refractivity contribution in [3.05, 3.63) is 29.8 Å². The number of para-hydroxylation sites is 1. The molecular formula is C17H30N2O. The van der Waals surface area contributed by atoms with Crippen molar-refractivity contribution in [2.24, 2.45) is 5.41 Å². The van der Waals surface area contributed by atoms with Crippen LogP contribution < -0.4 is 5.32 Å². The molecule has 1 unspecified atom stereocenters. The summed E-state index contributed by atoms with van der Waals surface area (Å²) in [6.45, 7) is 12.7. The van der Waals surface area contributed by atoms with Crippen molar-refractivity contribution >= 4 is 5.69 Å². The monoisotopic (exact) mass is 278 g/mol. The van der Waals surface area contributed by atoms with E-state index in [0.29, 0.717) is 0 Å². The van der Waals surface area contributed by atoms with Crippen LogP contribution in [-0.2, 0) is 6.54 Å². The summed E-state index contributed by atoms with van der Waals surface area (Å²) in [6, 6.07) is 8.47. The third-order valence-corrected chi connectivity index (χ3v) is 4.25. The molecule has 0 spiro atoms. The first-order valence-electron chi connectivity index (χ1n) is 7.73. The Hall–Kier alpha value is -1.06. The van der Waals surface area contributed by atoms with E-state index in [-0.39, 0.29) is 12.0 Å². The summed E-state index contributed by atoms with van der Waals surface area (Å²) in [6.07, 6.45) is 0.967. The van der Waals surface area contributed by atoms with Gasteiger partial charge in [-0.15, -0.1) is 0 Å². The number of aliphatic hydroxyl groups excluding tert-OH is 1. The molecule has 20 heavy (non-hydrogen) atoms. The molecule has 0 amide bonds. The summed E-state index contributed by atoms with van der Waals surface area (Å²) in [5.41, 5.74) is 2.46. The van der Waals surface area contributed by atoms with Crippen LogP contribution in [0.15, 0.2) is 24.3 Å². The number of benzene rings is 1. The van der Waals surface area contributed by atoms with Crippen LogP contribution in [0.5, 0.6) is 0 Å². The molecule has 0 saturated carbocycles. The van der Waals surface area contributed by atoms with Gasteiger partial charge in [0.15, 0.2) is 0 Å². The van der Waals surface area contributed by atoms with E-state index in [4.69, 9.17) is 0 Å². The summed E-state index contributed by atoms with van der Waals surface area (Å²) in [7, 11) is 0. The molecule has 3 heteroatoms. The lowest BCUT2D eigenvalue weighted by Crippen LogP contribution is -2.30. The molecule has 1 aromatic carbocycles. The van der Waals surface area contributed by atoms with E-state index < -0.39 is 0 Å². The van der Waals surface area contributed by atoms with E-state index >= 15 is 0 Å². The molecule has 0 saturated heterocycles. The highest BCUT2D eigenvalue weighted by Crippen LogP contribution is 2.23. The number of hydrogen-bond donors (Lipinski definition) is 2. The molecule has 0 radical (unpaired) electrons. The minimum Gasteiger partial charge on any atom is -0.396 e. The van der Waals surface area contributed by atoms with Crippen LogP contribution in [0.1, 0.15) is 39.7 Å². The Balaban J connectivity index is 2.75. The van der Waals surface area contributed by atoms with Crippen molar-refractivity contribution in [1.29, 1.82) is 0 Å². The molecule has 1 rings (SSSR count). The SMILES string of the molecule is CCN(CC)Cc1ccccc1NCC(C)(CC)CO. The standard InChI is InChI=1S/C17H30N2O/c1-5-17(4,14-20)13-18-16-11-9-8-10-15(16)12-19(6-2)7-3/h8-11,18,20H,5-7,12-14H2,1-4H3. The molecule has 0 aliphatic carbocycles. The lowest BCUT2D eigenvalue weighted by Gasteiger charge is -2.27. The van der Waals surface area contributed by atoms with Gasteiger partial charge in [-0.2, -0.15) is 0 Å². The van der Waals surface area contributed by atoms with Gasteiger partial charge in [0.25, 0.3) is 0 Å². The zero-order valence-corrected chi connectivity index (χ0v) is 13.4. The highest BCUT2D eigenvalue weighted by Gasteiger charge is 2.21. The molecule has 114 valence electrons. The molecule has 0 aliphatic heterocycles. The van der Waals surface area contributed by atoms with Crippen LogP contribution in [0, 0.1) is 5.41 Å². The van der Waals surface area contributed by atoms with Crippen LogP contribution in [0.3, 0.4) is 0 Å². The van der Waals surface area contributed by atoms with Gasteiger partial charge in [0.05, 0.1) is 6.61 Å². The van der Waals surface area contributed by atoms with Gasteiger partial charge >= 0.3 is 0 Å². The maximum Gasteiger partial charge on any atom is 0.0501 e. The van der Waals surface area contributed by atoms with Crippen molar-refractivity contribution in [2.45, 2.75) is 40.7 Å². The molecule has 1 atom stereocenters. The maximum absolute atomic E-state index is 9.51. The van der Waals surface area contributed by atoms with Gasteiger partial charge in [-0.3, -0.25) is 4.90 Å². The average Bonchev–Trinajstić information content (AvgIpc) is 2.51. The van der Waals surface area contributed by atoms with E-state index in [1.165, 1.54) is 11.3 Å². The van der Waals surface area contributed by atoms with Crippen LogP contribution in [-0.4, -0.2) is 36.2 Å². The summed E-state index contributed by atoms with van der Waals surface area (Å²) in [4.78, 5) is 2.41. The Morgan fingerprint density at radius 3 is 2.35 bits per heavy atom. The Morgan fingerprint density at radius 2 is 1.80 bits per heavy atom. The fraction of sp³-hybridized carbons (Fsp3) is 0.647. The fourth-order valence-electron chi connectivity index (χ4n) is 2.12. The minimum absolute atomic E-state index is 0.0533. The number of aliphatic hydroxyl groups is 1. The van der Waals surface area contributed by atoms with Gasteiger partial charge in [-0.1, -0.05) is 45.9 Å². The molecule has 0 bridgehead atoms. The second-order valence-corrected chi connectivity index (χ2v) is 5.79. The second-order valence-electron chi connectivity index (χ2n) is 5.79. The molecule has 3 nitrogen and oxygen atoms in total. The Labute approximate surface area is 124 Å². The number of hydrogen-bond acceptors (Lipinski definition) is 3. The van der Waals surface area contributed by atoms with Crippen LogP contribution in [0.4, 0.5) is 5.69 Å². The minimum atomic E-state index is -0.0533. The molecular weight excluding hydrogens is 248 g/mol.